The zero-order chi connectivity index (χ0) is 23.7. The molecule has 5 rings (SSSR count). The second-order valence-electron chi connectivity index (χ2n) is 9.00. The third-order valence-electron chi connectivity index (χ3n) is 6.69. The quantitative estimate of drug-likeness (QED) is 0.555. The number of carbonyl (C=O) groups is 3. The average Bonchev–Trinajstić information content (AvgIpc) is 3.40. The van der Waals surface area contributed by atoms with E-state index in [9.17, 15) is 14.4 Å². The summed E-state index contributed by atoms with van der Waals surface area (Å²) >= 11 is 0. The molecule has 1 fully saturated rings. The number of hydrogen-bond donors (Lipinski definition) is 0. The van der Waals surface area contributed by atoms with Crippen LogP contribution in [0.5, 0.6) is 0 Å². The van der Waals surface area contributed by atoms with Gasteiger partial charge in [-0.1, -0.05) is 25.1 Å². The Morgan fingerprint density at radius 1 is 1.06 bits per heavy atom. The average molecular weight is 462 g/mol. The number of piperazine rings is 1. The number of aryl methyl sites for hydroxylation is 1. The fraction of sp³-hybridized carbons (Fsp3) is 0.385. The van der Waals surface area contributed by atoms with E-state index in [1.54, 1.807) is 21.9 Å². The van der Waals surface area contributed by atoms with Gasteiger partial charge in [0.15, 0.2) is 12.4 Å². The van der Waals surface area contributed by atoms with Gasteiger partial charge in [0, 0.05) is 37.3 Å². The van der Waals surface area contributed by atoms with Gasteiger partial charge in [-0.3, -0.25) is 14.6 Å². The summed E-state index contributed by atoms with van der Waals surface area (Å²) in [5.41, 5.74) is 3.20. The Kier molecular flexibility index (Phi) is 6.04. The molecular weight excluding hydrogens is 434 g/mol. The molecule has 0 saturated carbocycles. The third-order valence-corrected chi connectivity index (χ3v) is 6.69. The summed E-state index contributed by atoms with van der Waals surface area (Å²) in [7, 11) is 0. The Morgan fingerprint density at radius 3 is 2.59 bits per heavy atom. The minimum Gasteiger partial charge on any atom is -0.459 e. The molecule has 1 atom stereocenters. The van der Waals surface area contributed by atoms with E-state index >= 15 is 0 Å². The van der Waals surface area contributed by atoms with Crippen molar-refractivity contribution in [2.24, 2.45) is 5.92 Å². The van der Waals surface area contributed by atoms with Crippen molar-refractivity contribution in [1.29, 1.82) is 0 Å². The van der Waals surface area contributed by atoms with Gasteiger partial charge in [0.1, 0.15) is 0 Å². The van der Waals surface area contributed by atoms with Gasteiger partial charge in [0.05, 0.1) is 17.3 Å². The highest BCUT2D eigenvalue weighted by Gasteiger charge is 2.29. The zero-order valence-corrected chi connectivity index (χ0v) is 19.2. The predicted molar refractivity (Wildman–Crippen MR) is 124 cm³/mol. The van der Waals surface area contributed by atoms with E-state index in [2.05, 4.69) is 6.92 Å². The number of para-hydroxylation sites is 1. The predicted octanol–water partition coefficient (Wildman–Crippen LogP) is 3.09. The summed E-state index contributed by atoms with van der Waals surface area (Å²) in [5.74, 6) is -0.185. The smallest absolute Gasteiger partial charge is 0.339 e. The Balaban J connectivity index is 1.25. The van der Waals surface area contributed by atoms with Crippen molar-refractivity contribution in [3.63, 3.8) is 0 Å². The fourth-order valence-corrected chi connectivity index (χ4v) is 4.80. The number of furan rings is 1. The number of carbonyl (C=O) groups excluding carboxylic acids is 3. The van der Waals surface area contributed by atoms with Crippen molar-refractivity contribution in [2.75, 3.05) is 32.8 Å². The second kappa shape index (κ2) is 9.29. The van der Waals surface area contributed by atoms with Crippen LogP contribution in [-0.4, -0.2) is 65.4 Å². The van der Waals surface area contributed by atoms with E-state index in [1.807, 2.05) is 24.3 Å². The molecule has 3 heterocycles. The van der Waals surface area contributed by atoms with Gasteiger partial charge in [-0.25, -0.2) is 4.79 Å². The van der Waals surface area contributed by atoms with Crippen LogP contribution in [0.25, 0.3) is 10.9 Å². The molecule has 3 aromatic rings. The van der Waals surface area contributed by atoms with Crippen LogP contribution in [0.3, 0.4) is 0 Å². The van der Waals surface area contributed by atoms with Crippen LogP contribution in [0, 0.1) is 5.92 Å². The third kappa shape index (κ3) is 4.27. The lowest BCUT2D eigenvalue weighted by atomic mass is 9.84. The summed E-state index contributed by atoms with van der Waals surface area (Å²) in [6, 6.07) is 10.9. The van der Waals surface area contributed by atoms with Crippen molar-refractivity contribution in [3.8, 4) is 0 Å². The first kappa shape index (κ1) is 22.1. The Labute approximate surface area is 197 Å². The first-order chi connectivity index (χ1) is 16.5. The molecule has 1 aliphatic carbocycles. The number of hydrogen-bond acceptors (Lipinski definition) is 6. The molecular formula is C26H27N3O5. The van der Waals surface area contributed by atoms with Crippen LogP contribution < -0.4 is 0 Å². The monoisotopic (exact) mass is 461 g/mol. The van der Waals surface area contributed by atoms with Crippen molar-refractivity contribution in [1.82, 2.24) is 14.8 Å². The normalized spacial score (nSPS) is 18.0. The number of aromatic nitrogens is 1. The first-order valence-electron chi connectivity index (χ1n) is 11.7. The van der Waals surface area contributed by atoms with Gasteiger partial charge in [-0.15, -0.1) is 0 Å². The van der Waals surface area contributed by atoms with Crippen molar-refractivity contribution >= 4 is 28.7 Å². The number of rotatable bonds is 4. The van der Waals surface area contributed by atoms with Crippen LogP contribution in [0.15, 0.2) is 47.1 Å². The van der Waals surface area contributed by atoms with Gasteiger partial charge in [0.2, 0.25) is 0 Å². The number of nitrogens with zero attached hydrogens (tertiary/aromatic N) is 3. The summed E-state index contributed by atoms with van der Waals surface area (Å²) in [5, 5.41) is 0.762. The minimum atomic E-state index is -0.482. The highest BCUT2D eigenvalue weighted by atomic mass is 16.5. The lowest BCUT2D eigenvalue weighted by molar-refractivity contribution is -0.136. The molecule has 2 amide bonds. The summed E-state index contributed by atoms with van der Waals surface area (Å²) in [6.45, 7) is 3.42. The summed E-state index contributed by atoms with van der Waals surface area (Å²) in [6.07, 6.45) is 4.11. The zero-order valence-electron chi connectivity index (χ0n) is 19.2. The Hall–Kier alpha value is -3.68. The minimum absolute atomic E-state index is 0.188. The van der Waals surface area contributed by atoms with Crippen LogP contribution in [0.1, 0.15) is 45.5 Å². The maximum Gasteiger partial charge on any atom is 0.339 e. The van der Waals surface area contributed by atoms with Gasteiger partial charge >= 0.3 is 5.97 Å². The fourth-order valence-electron chi connectivity index (χ4n) is 4.80. The molecule has 0 bridgehead atoms. The van der Waals surface area contributed by atoms with E-state index in [0.29, 0.717) is 37.7 Å². The highest BCUT2D eigenvalue weighted by Crippen LogP contribution is 2.32. The van der Waals surface area contributed by atoms with E-state index in [4.69, 9.17) is 14.1 Å². The van der Waals surface area contributed by atoms with Gasteiger partial charge in [-0.05, 0) is 48.9 Å². The van der Waals surface area contributed by atoms with Crippen molar-refractivity contribution < 1.29 is 23.5 Å². The first-order valence-corrected chi connectivity index (χ1v) is 11.7. The van der Waals surface area contributed by atoms with Gasteiger partial charge < -0.3 is 19.0 Å². The molecule has 1 saturated heterocycles. The van der Waals surface area contributed by atoms with Crippen LogP contribution in [0.2, 0.25) is 0 Å². The van der Waals surface area contributed by atoms with Crippen LogP contribution >= 0.6 is 0 Å². The van der Waals surface area contributed by atoms with Gasteiger partial charge in [-0.2, -0.15) is 0 Å². The maximum absolute atomic E-state index is 13.2. The Morgan fingerprint density at radius 2 is 1.82 bits per heavy atom. The number of benzene rings is 1. The SMILES string of the molecule is C[C@@H]1CCc2nc3ccccc3c(C(=O)OCC(=O)N3CCN(C(=O)c4ccco4)CC3)c2C1. The number of esters is 1. The molecule has 0 spiro atoms. The molecule has 8 heteroatoms. The van der Waals surface area contributed by atoms with Crippen molar-refractivity contribution in [3.05, 3.63) is 65.2 Å². The Bertz CT molecular complexity index is 1230. The molecule has 1 aromatic carbocycles. The van der Waals surface area contributed by atoms with E-state index in [0.717, 1.165) is 41.4 Å². The molecule has 2 aromatic heterocycles. The number of ether oxygens (including phenoxy) is 1. The molecule has 8 nitrogen and oxygen atoms in total. The largest absolute Gasteiger partial charge is 0.459 e. The molecule has 176 valence electrons. The van der Waals surface area contributed by atoms with Crippen molar-refractivity contribution in [2.45, 2.75) is 26.2 Å². The van der Waals surface area contributed by atoms with Gasteiger partial charge in [0.25, 0.3) is 11.8 Å². The maximum atomic E-state index is 13.2. The molecule has 2 aliphatic rings. The molecule has 0 radical (unpaired) electrons. The molecule has 0 N–H and O–H groups in total. The number of pyridine rings is 1. The number of fused-ring (bicyclic) bond motifs is 2. The second-order valence-corrected chi connectivity index (χ2v) is 9.00. The lowest BCUT2D eigenvalue weighted by Crippen LogP contribution is -2.51. The molecule has 0 unspecified atom stereocenters. The highest BCUT2D eigenvalue weighted by molar-refractivity contribution is 6.05. The summed E-state index contributed by atoms with van der Waals surface area (Å²) in [4.78, 5) is 46.4. The standard InChI is InChI=1S/C26H27N3O5/c1-17-8-9-21-19(15-17)24(18-5-2-3-6-20(18)27-21)26(32)34-16-23(30)28-10-12-29(13-11-28)25(31)22-7-4-14-33-22/h2-7,14,17H,8-13,15-16H2,1H3/t17-/m1/s1. The van der Waals surface area contributed by atoms with Crippen LogP contribution in [0.4, 0.5) is 0 Å². The van der Waals surface area contributed by atoms with E-state index < -0.39 is 5.97 Å². The van der Waals surface area contributed by atoms with E-state index in [-0.39, 0.29) is 24.2 Å². The van der Waals surface area contributed by atoms with E-state index in [1.165, 1.54) is 6.26 Å². The molecule has 34 heavy (non-hydrogen) atoms. The topological polar surface area (TPSA) is 93.0 Å². The lowest BCUT2D eigenvalue weighted by Gasteiger charge is -2.34. The molecule has 1 aliphatic heterocycles. The number of amides is 2. The summed E-state index contributed by atoms with van der Waals surface area (Å²) < 4.78 is 10.7. The van der Waals surface area contributed by atoms with Crippen LogP contribution in [-0.2, 0) is 22.4 Å².